The van der Waals surface area contributed by atoms with Crippen LogP contribution in [0.3, 0.4) is 0 Å². The normalized spacial score (nSPS) is 19.8. The summed E-state index contributed by atoms with van der Waals surface area (Å²) in [5, 5.41) is 12.6. The number of aliphatic hydroxyl groups excluding tert-OH is 1. The summed E-state index contributed by atoms with van der Waals surface area (Å²) in [6.07, 6.45) is 3.42. The van der Waals surface area contributed by atoms with Crippen LogP contribution in [0.1, 0.15) is 45.6 Å². The van der Waals surface area contributed by atoms with Crippen molar-refractivity contribution in [2.24, 2.45) is 5.92 Å². The Labute approximate surface area is 129 Å². The number of nitrogens with one attached hydrogen (secondary N) is 1. The van der Waals surface area contributed by atoms with Crippen LogP contribution in [-0.2, 0) is 6.54 Å². The molecule has 2 rings (SSSR count). The third-order valence-corrected chi connectivity index (χ3v) is 4.18. The first-order valence-corrected chi connectivity index (χ1v) is 8.18. The Morgan fingerprint density at radius 1 is 1.24 bits per heavy atom. The average molecular weight is 290 g/mol. The summed E-state index contributed by atoms with van der Waals surface area (Å²) in [7, 11) is 0. The van der Waals surface area contributed by atoms with Gasteiger partial charge in [-0.1, -0.05) is 12.1 Å². The van der Waals surface area contributed by atoms with E-state index in [1.54, 1.807) is 0 Å². The Hall–Kier alpha value is -1.06. The summed E-state index contributed by atoms with van der Waals surface area (Å²) in [4.78, 5) is 2.46. The van der Waals surface area contributed by atoms with E-state index in [2.05, 4.69) is 55.3 Å². The topological polar surface area (TPSA) is 35.5 Å². The van der Waals surface area contributed by atoms with Gasteiger partial charge in [0, 0.05) is 37.5 Å². The van der Waals surface area contributed by atoms with Crippen LogP contribution in [0.15, 0.2) is 24.3 Å². The second-order valence-corrected chi connectivity index (χ2v) is 7.24. The molecule has 1 aromatic rings. The standard InChI is InChI=1S/C18H30N2O/c1-18(2,3)19-13-15-6-8-17(9-7-15)20-11-4-5-16(14-20)10-12-21/h6-9,16,19,21H,4-5,10-14H2,1-3H3. The molecule has 3 nitrogen and oxygen atoms in total. The van der Waals surface area contributed by atoms with Gasteiger partial charge in [-0.3, -0.25) is 0 Å². The van der Waals surface area contributed by atoms with Gasteiger partial charge in [0.1, 0.15) is 0 Å². The highest BCUT2D eigenvalue weighted by atomic mass is 16.3. The average Bonchev–Trinajstić information content (AvgIpc) is 2.46. The number of piperidine rings is 1. The lowest BCUT2D eigenvalue weighted by atomic mass is 9.94. The van der Waals surface area contributed by atoms with Crippen LogP contribution in [0.2, 0.25) is 0 Å². The lowest BCUT2D eigenvalue weighted by Gasteiger charge is -2.34. The van der Waals surface area contributed by atoms with Gasteiger partial charge in [0.15, 0.2) is 0 Å². The van der Waals surface area contributed by atoms with Gasteiger partial charge in [-0.15, -0.1) is 0 Å². The van der Waals surface area contributed by atoms with Crippen LogP contribution in [0, 0.1) is 5.92 Å². The summed E-state index contributed by atoms with van der Waals surface area (Å²) in [5.74, 6) is 0.644. The smallest absolute Gasteiger partial charge is 0.0434 e. The molecule has 2 N–H and O–H groups in total. The maximum absolute atomic E-state index is 9.11. The molecule has 118 valence electrons. The Morgan fingerprint density at radius 3 is 2.57 bits per heavy atom. The zero-order valence-electron chi connectivity index (χ0n) is 13.7. The minimum Gasteiger partial charge on any atom is -0.396 e. The van der Waals surface area contributed by atoms with E-state index in [1.807, 2.05) is 0 Å². The van der Waals surface area contributed by atoms with Crippen LogP contribution in [-0.4, -0.2) is 30.3 Å². The molecule has 1 unspecified atom stereocenters. The van der Waals surface area contributed by atoms with E-state index in [-0.39, 0.29) is 5.54 Å². The second kappa shape index (κ2) is 7.28. The molecule has 1 aliphatic rings. The van der Waals surface area contributed by atoms with E-state index < -0.39 is 0 Å². The predicted molar refractivity (Wildman–Crippen MR) is 89.7 cm³/mol. The summed E-state index contributed by atoms with van der Waals surface area (Å²) >= 11 is 0. The Balaban J connectivity index is 1.92. The molecule has 0 spiro atoms. The maximum atomic E-state index is 9.11. The molecule has 0 radical (unpaired) electrons. The number of hydrogen-bond donors (Lipinski definition) is 2. The molecule has 1 aliphatic heterocycles. The number of anilines is 1. The number of nitrogens with zero attached hydrogens (tertiary/aromatic N) is 1. The number of hydrogen-bond acceptors (Lipinski definition) is 3. The van der Waals surface area contributed by atoms with E-state index >= 15 is 0 Å². The van der Waals surface area contributed by atoms with Crippen LogP contribution >= 0.6 is 0 Å². The van der Waals surface area contributed by atoms with Gasteiger partial charge in [0.25, 0.3) is 0 Å². The lowest BCUT2D eigenvalue weighted by Crippen LogP contribution is -2.36. The number of aliphatic hydroxyl groups is 1. The molecule has 21 heavy (non-hydrogen) atoms. The van der Waals surface area contributed by atoms with Crippen molar-refractivity contribution in [3.05, 3.63) is 29.8 Å². The van der Waals surface area contributed by atoms with Gasteiger partial charge in [-0.05, 0) is 63.6 Å². The molecular formula is C18H30N2O. The SMILES string of the molecule is CC(C)(C)NCc1ccc(N2CCCC(CCO)C2)cc1. The summed E-state index contributed by atoms with van der Waals surface area (Å²) in [6.45, 7) is 10.0. The molecule has 3 heteroatoms. The third kappa shape index (κ3) is 5.33. The van der Waals surface area contributed by atoms with Gasteiger partial charge in [0.2, 0.25) is 0 Å². The fourth-order valence-electron chi connectivity index (χ4n) is 2.91. The minimum absolute atomic E-state index is 0.156. The molecule has 0 aromatic heterocycles. The van der Waals surface area contributed by atoms with Gasteiger partial charge < -0.3 is 15.3 Å². The fraction of sp³-hybridized carbons (Fsp3) is 0.667. The van der Waals surface area contributed by atoms with Crippen molar-refractivity contribution < 1.29 is 5.11 Å². The molecule has 0 saturated carbocycles. The Morgan fingerprint density at radius 2 is 1.95 bits per heavy atom. The largest absolute Gasteiger partial charge is 0.396 e. The zero-order valence-corrected chi connectivity index (χ0v) is 13.7. The highest BCUT2D eigenvalue weighted by molar-refractivity contribution is 5.48. The lowest BCUT2D eigenvalue weighted by molar-refractivity contribution is 0.244. The van der Waals surface area contributed by atoms with Crippen molar-refractivity contribution in [3.63, 3.8) is 0 Å². The van der Waals surface area contributed by atoms with Crippen LogP contribution in [0.4, 0.5) is 5.69 Å². The van der Waals surface area contributed by atoms with Crippen molar-refractivity contribution >= 4 is 5.69 Å². The summed E-state index contributed by atoms with van der Waals surface area (Å²) < 4.78 is 0. The zero-order chi connectivity index (χ0) is 15.3. The summed E-state index contributed by atoms with van der Waals surface area (Å²) in [6, 6.07) is 8.93. The molecule has 1 atom stereocenters. The highest BCUT2D eigenvalue weighted by Crippen LogP contribution is 2.25. The highest BCUT2D eigenvalue weighted by Gasteiger charge is 2.19. The molecule has 0 bridgehead atoms. The first-order valence-electron chi connectivity index (χ1n) is 8.18. The number of benzene rings is 1. The first kappa shape index (κ1) is 16.3. The predicted octanol–water partition coefficient (Wildman–Crippen LogP) is 3.17. The Kier molecular flexibility index (Phi) is 5.65. The molecular weight excluding hydrogens is 260 g/mol. The molecule has 1 fully saturated rings. The third-order valence-electron chi connectivity index (χ3n) is 4.18. The monoisotopic (exact) mass is 290 g/mol. The van der Waals surface area contributed by atoms with Crippen molar-refractivity contribution in [2.75, 3.05) is 24.6 Å². The summed E-state index contributed by atoms with van der Waals surface area (Å²) in [5.41, 5.74) is 2.80. The van der Waals surface area contributed by atoms with E-state index in [4.69, 9.17) is 5.11 Å². The molecule has 1 aromatic carbocycles. The quantitative estimate of drug-likeness (QED) is 0.874. The van der Waals surface area contributed by atoms with E-state index in [9.17, 15) is 0 Å². The fourth-order valence-corrected chi connectivity index (χ4v) is 2.91. The van der Waals surface area contributed by atoms with Crippen molar-refractivity contribution in [1.29, 1.82) is 0 Å². The number of rotatable bonds is 5. The van der Waals surface area contributed by atoms with Crippen molar-refractivity contribution in [1.82, 2.24) is 5.32 Å². The van der Waals surface area contributed by atoms with Crippen LogP contribution in [0.5, 0.6) is 0 Å². The van der Waals surface area contributed by atoms with Crippen molar-refractivity contribution in [3.8, 4) is 0 Å². The van der Waals surface area contributed by atoms with Gasteiger partial charge in [-0.25, -0.2) is 0 Å². The van der Waals surface area contributed by atoms with E-state index in [0.717, 1.165) is 26.1 Å². The van der Waals surface area contributed by atoms with Crippen LogP contribution < -0.4 is 10.2 Å². The van der Waals surface area contributed by atoms with Crippen LogP contribution in [0.25, 0.3) is 0 Å². The molecule has 0 amide bonds. The van der Waals surface area contributed by atoms with Gasteiger partial charge in [-0.2, -0.15) is 0 Å². The van der Waals surface area contributed by atoms with Crippen molar-refractivity contribution in [2.45, 2.75) is 52.1 Å². The first-order chi connectivity index (χ1) is 9.98. The minimum atomic E-state index is 0.156. The molecule has 0 aliphatic carbocycles. The van der Waals surface area contributed by atoms with E-state index in [1.165, 1.54) is 24.1 Å². The Bertz CT molecular complexity index is 420. The maximum Gasteiger partial charge on any atom is 0.0434 e. The molecule has 1 heterocycles. The van der Waals surface area contributed by atoms with E-state index in [0.29, 0.717) is 12.5 Å². The second-order valence-electron chi connectivity index (χ2n) is 7.24. The molecule has 1 saturated heterocycles. The van der Waals surface area contributed by atoms with Gasteiger partial charge in [0.05, 0.1) is 0 Å². The van der Waals surface area contributed by atoms with Gasteiger partial charge >= 0.3 is 0 Å².